The van der Waals surface area contributed by atoms with Crippen LogP contribution in [0, 0.1) is 5.82 Å². The molecule has 2 rings (SSSR count). The molecule has 0 atom stereocenters. The topological polar surface area (TPSA) is 71.4 Å². The number of aromatic carboxylic acids is 1. The summed E-state index contributed by atoms with van der Waals surface area (Å²) < 4.78 is 38.2. The summed E-state index contributed by atoms with van der Waals surface area (Å²) >= 11 is 5.83. The van der Waals surface area contributed by atoms with Crippen LogP contribution in [0.3, 0.4) is 0 Å². The van der Waals surface area contributed by atoms with Gasteiger partial charge in [-0.1, -0.05) is 23.7 Å². The van der Waals surface area contributed by atoms with Gasteiger partial charge >= 0.3 is 5.97 Å². The van der Waals surface area contributed by atoms with E-state index in [9.17, 15) is 17.6 Å². The Labute approximate surface area is 125 Å². The molecule has 0 aliphatic rings. The first-order chi connectivity index (χ1) is 9.81. The predicted octanol–water partition coefficient (Wildman–Crippen LogP) is 3.15. The van der Waals surface area contributed by atoms with Gasteiger partial charge in [-0.25, -0.2) is 17.6 Å². The second kappa shape index (κ2) is 5.83. The molecule has 0 heterocycles. The average molecular weight is 329 g/mol. The summed E-state index contributed by atoms with van der Waals surface area (Å²) in [6.45, 7) is 0. The lowest BCUT2D eigenvalue weighted by molar-refractivity contribution is 0.0696. The molecular formula is C14H10ClFO4S. The van der Waals surface area contributed by atoms with Gasteiger partial charge in [-0.2, -0.15) is 0 Å². The fraction of sp³-hybridized carbons (Fsp3) is 0.0714. The SMILES string of the molecule is O=C(O)c1ccc(F)c(CS(=O)(=O)c2ccccc2Cl)c1. The van der Waals surface area contributed by atoms with Gasteiger partial charge in [0.2, 0.25) is 0 Å². The van der Waals surface area contributed by atoms with Gasteiger partial charge in [0.25, 0.3) is 0 Å². The molecule has 21 heavy (non-hydrogen) atoms. The molecule has 0 aliphatic heterocycles. The first-order valence-electron chi connectivity index (χ1n) is 5.80. The standard InChI is InChI=1S/C14H10ClFO4S/c15-11-3-1-2-4-13(11)21(19,20)8-10-7-9(14(17)18)5-6-12(10)16/h1-7H,8H2,(H,17,18). The number of halogens is 2. The first-order valence-corrected chi connectivity index (χ1v) is 7.83. The molecule has 0 fully saturated rings. The van der Waals surface area contributed by atoms with Crippen molar-refractivity contribution >= 4 is 27.4 Å². The predicted molar refractivity (Wildman–Crippen MR) is 75.7 cm³/mol. The highest BCUT2D eigenvalue weighted by Gasteiger charge is 2.21. The van der Waals surface area contributed by atoms with Gasteiger partial charge in [-0.3, -0.25) is 0 Å². The van der Waals surface area contributed by atoms with E-state index in [1.54, 1.807) is 6.07 Å². The Bertz CT molecular complexity index is 802. The van der Waals surface area contributed by atoms with E-state index in [0.29, 0.717) is 0 Å². The van der Waals surface area contributed by atoms with E-state index in [1.165, 1.54) is 18.2 Å². The molecule has 2 aromatic rings. The van der Waals surface area contributed by atoms with Gasteiger partial charge in [0, 0.05) is 5.56 Å². The van der Waals surface area contributed by atoms with Gasteiger partial charge in [0.1, 0.15) is 5.82 Å². The third-order valence-corrected chi connectivity index (χ3v) is 4.97. The summed E-state index contributed by atoms with van der Waals surface area (Å²) in [6.07, 6.45) is 0. The summed E-state index contributed by atoms with van der Waals surface area (Å²) in [4.78, 5) is 10.7. The molecule has 0 bridgehead atoms. The van der Waals surface area contributed by atoms with Crippen molar-refractivity contribution in [3.8, 4) is 0 Å². The maximum Gasteiger partial charge on any atom is 0.335 e. The average Bonchev–Trinajstić information content (AvgIpc) is 2.41. The van der Waals surface area contributed by atoms with E-state index in [1.807, 2.05) is 0 Å². The first kappa shape index (κ1) is 15.5. The minimum atomic E-state index is -3.87. The minimum Gasteiger partial charge on any atom is -0.478 e. The highest BCUT2D eigenvalue weighted by molar-refractivity contribution is 7.90. The van der Waals surface area contributed by atoms with E-state index in [4.69, 9.17) is 16.7 Å². The highest BCUT2D eigenvalue weighted by atomic mass is 35.5. The van der Waals surface area contributed by atoms with Crippen LogP contribution >= 0.6 is 11.6 Å². The molecule has 1 N–H and O–H groups in total. The normalized spacial score (nSPS) is 11.3. The quantitative estimate of drug-likeness (QED) is 0.935. The number of carbonyl (C=O) groups is 1. The summed E-state index contributed by atoms with van der Waals surface area (Å²) in [5, 5.41) is 8.90. The third-order valence-electron chi connectivity index (χ3n) is 2.81. The largest absolute Gasteiger partial charge is 0.478 e. The lowest BCUT2D eigenvalue weighted by atomic mass is 10.1. The third kappa shape index (κ3) is 3.40. The number of rotatable bonds is 4. The second-order valence-corrected chi connectivity index (χ2v) is 6.67. The maximum atomic E-state index is 13.7. The molecule has 7 heteroatoms. The molecule has 0 radical (unpaired) electrons. The summed E-state index contributed by atoms with van der Waals surface area (Å²) in [7, 11) is -3.87. The van der Waals surface area contributed by atoms with Gasteiger partial charge in [0.05, 0.1) is 21.2 Å². The van der Waals surface area contributed by atoms with Crippen LogP contribution in [0.1, 0.15) is 15.9 Å². The van der Waals surface area contributed by atoms with Crippen LogP contribution in [-0.4, -0.2) is 19.5 Å². The summed E-state index contributed by atoms with van der Waals surface area (Å²) in [5.74, 6) is -2.70. The van der Waals surface area contributed by atoms with Gasteiger partial charge in [-0.15, -0.1) is 0 Å². The Morgan fingerprint density at radius 2 is 1.86 bits per heavy atom. The van der Waals surface area contributed by atoms with E-state index < -0.39 is 27.4 Å². The fourth-order valence-electron chi connectivity index (χ4n) is 1.80. The van der Waals surface area contributed by atoms with E-state index in [2.05, 4.69) is 0 Å². The molecule has 0 amide bonds. The Kier molecular flexibility index (Phi) is 4.29. The van der Waals surface area contributed by atoms with Crippen molar-refractivity contribution in [2.45, 2.75) is 10.6 Å². The molecule has 4 nitrogen and oxygen atoms in total. The molecule has 0 aromatic heterocycles. The zero-order chi connectivity index (χ0) is 15.6. The molecular weight excluding hydrogens is 319 g/mol. The molecule has 0 unspecified atom stereocenters. The van der Waals surface area contributed by atoms with Crippen LogP contribution in [-0.2, 0) is 15.6 Å². The maximum absolute atomic E-state index is 13.7. The van der Waals surface area contributed by atoms with Crippen molar-refractivity contribution in [3.63, 3.8) is 0 Å². The second-order valence-electron chi connectivity index (χ2n) is 4.30. The Hall–Kier alpha value is -1.92. The van der Waals surface area contributed by atoms with Crippen molar-refractivity contribution in [2.24, 2.45) is 0 Å². The smallest absolute Gasteiger partial charge is 0.335 e. The molecule has 2 aromatic carbocycles. The molecule has 0 spiro atoms. The molecule has 110 valence electrons. The zero-order valence-corrected chi connectivity index (χ0v) is 12.2. The van der Waals surface area contributed by atoms with Gasteiger partial charge in [-0.05, 0) is 30.3 Å². The van der Waals surface area contributed by atoms with Gasteiger partial charge in [0.15, 0.2) is 9.84 Å². The van der Waals surface area contributed by atoms with Crippen LogP contribution in [0.2, 0.25) is 5.02 Å². The summed E-state index contributed by atoms with van der Waals surface area (Å²) in [6, 6.07) is 8.82. The Balaban J connectivity index is 2.44. The van der Waals surface area contributed by atoms with Crippen LogP contribution < -0.4 is 0 Å². The van der Waals surface area contributed by atoms with Crippen LogP contribution in [0.4, 0.5) is 4.39 Å². The Morgan fingerprint density at radius 1 is 1.19 bits per heavy atom. The lowest BCUT2D eigenvalue weighted by Crippen LogP contribution is -2.08. The summed E-state index contributed by atoms with van der Waals surface area (Å²) in [5.41, 5.74) is -0.393. The zero-order valence-electron chi connectivity index (χ0n) is 10.6. The number of carboxylic acids is 1. The van der Waals surface area contributed by atoms with Crippen molar-refractivity contribution in [2.75, 3.05) is 0 Å². The number of hydrogen-bond acceptors (Lipinski definition) is 3. The van der Waals surface area contributed by atoms with E-state index in [-0.39, 0.29) is 21.0 Å². The molecule has 0 saturated heterocycles. The number of hydrogen-bond donors (Lipinski definition) is 1. The van der Waals surface area contributed by atoms with Crippen molar-refractivity contribution < 1.29 is 22.7 Å². The lowest BCUT2D eigenvalue weighted by Gasteiger charge is -2.08. The monoisotopic (exact) mass is 328 g/mol. The highest BCUT2D eigenvalue weighted by Crippen LogP contribution is 2.25. The van der Waals surface area contributed by atoms with Crippen molar-refractivity contribution in [3.05, 3.63) is 64.4 Å². The number of benzene rings is 2. The molecule has 0 saturated carbocycles. The van der Waals surface area contributed by atoms with Crippen molar-refractivity contribution in [1.29, 1.82) is 0 Å². The van der Waals surface area contributed by atoms with Gasteiger partial charge < -0.3 is 5.11 Å². The number of sulfone groups is 1. The molecule has 0 aliphatic carbocycles. The van der Waals surface area contributed by atoms with E-state index in [0.717, 1.165) is 18.2 Å². The minimum absolute atomic E-state index is 0.0345. The van der Waals surface area contributed by atoms with Crippen molar-refractivity contribution in [1.82, 2.24) is 0 Å². The van der Waals surface area contributed by atoms with Crippen LogP contribution in [0.15, 0.2) is 47.4 Å². The van der Waals surface area contributed by atoms with Crippen LogP contribution in [0.25, 0.3) is 0 Å². The van der Waals surface area contributed by atoms with E-state index >= 15 is 0 Å². The Morgan fingerprint density at radius 3 is 2.48 bits per heavy atom. The van der Waals surface area contributed by atoms with Crippen LogP contribution in [0.5, 0.6) is 0 Å². The fourth-order valence-corrected chi connectivity index (χ4v) is 3.72. The number of carboxylic acid groups (broad SMARTS) is 1.